The van der Waals surface area contributed by atoms with Crippen LogP contribution in [0.1, 0.15) is 54.5 Å². The summed E-state index contributed by atoms with van der Waals surface area (Å²) in [7, 11) is 0. The number of nitrogens with one attached hydrogen (secondary N) is 3. The Bertz CT molecular complexity index is 1880. The highest BCUT2D eigenvalue weighted by molar-refractivity contribution is 5.94. The number of nitrogens with zero attached hydrogens (tertiary/aromatic N) is 3. The maximum atomic E-state index is 13.7. The number of ether oxygens (including phenoxy) is 1. The van der Waals surface area contributed by atoms with Crippen LogP contribution in [0.2, 0.25) is 0 Å². The van der Waals surface area contributed by atoms with E-state index in [4.69, 9.17) is 19.1 Å². The van der Waals surface area contributed by atoms with Crippen molar-refractivity contribution in [3.8, 4) is 0 Å². The third kappa shape index (κ3) is 5.33. The van der Waals surface area contributed by atoms with Crippen LogP contribution in [0.4, 0.5) is 4.79 Å². The van der Waals surface area contributed by atoms with E-state index in [9.17, 15) is 9.59 Å². The number of carbonyl (C=O) groups excluding carboxylic acids is 1. The summed E-state index contributed by atoms with van der Waals surface area (Å²) in [6.07, 6.45) is 3.67. The van der Waals surface area contributed by atoms with Crippen LogP contribution in [0.5, 0.6) is 0 Å². The van der Waals surface area contributed by atoms with Gasteiger partial charge in [0.05, 0.1) is 48.0 Å². The summed E-state index contributed by atoms with van der Waals surface area (Å²) in [6.45, 7) is 3.11. The van der Waals surface area contributed by atoms with Gasteiger partial charge in [-0.2, -0.15) is 0 Å². The quantitative estimate of drug-likeness (QED) is 0.276. The third-order valence-corrected chi connectivity index (χ3v) is 9.45. The van der Waals surface area contributed by atoms with Crippen LogP contribution in [-0.4, -0.2) is 60.9 Å². The fourth-order valence-corrected chi connectivity index (χ4v) is 7.02. The van der Waals surface area contributed by atoms with Gasteiger partial charge < -0.3 is 25.1 Å². The van der Waals surface area contributed by atoms with Crippen LogP contribution >= 0.6 is 0 Å². The Hall–Kier alpha value is -4.70. The molecular formula is C35H36N6O4. The standard InChI is InChI=1S/C35H36N6O4/c42-32-24-12-10-23(28-18-37-33(39-28)26-8-4-14-36-26)17-31(24)45-30-13-11-22(16-25(30)32)27-19-38-34(40-27)29-9-5-15-41(29)35(43)44-20-21-6-2-1-3-7-21/h1-3,6-7,10-13,16-17,26-29,36H,4-5,8-9,14-15,18-20H2,(H,37,39)(H,38,40)/t26-,27?,28?,29-/m0/s1. The van der Waals surface area contributed by atoms with E-state index in [-0.39, 0.29) is 36.3 Å². The molecule has 3 N–H and O–H groups in total. The first-order valence-corrected chi connectivity index (χ1v) is 15.9. The van der Waals surface area contributed by atoms with Crippen LogP contribution in [0, 0.1) is 0 Å². The molecule has 0 spiro atoms. The minimum Gasteiger partial charge on any atom is -0.456 e. The van der Waals surface area contributed by atoms with E-state index in [1.807, 2.05) is 66.7 Å². The van der Waals surface area contributed by atoms with E-state index < -0.39 is 0 Å². The van der Waals surface area contributed by atoms with Crippen molar-refractivity contribution in [2.24, 2.45) is 9.98 Å². The molecule has 0 saturated carbocycles. The van der Waals surface area contributed by atoms with E-state index in [0.717, 1.165) is 54.2 Å². The molecule has 4 aliphatic heterocycles. The lowest BCUT2D eigenvalue weighted by molar-refractivity contribution is 0.0990. The second-order valence-corrected chi connectivity index (χ2v) is 12.3. The molecule has 4 aromatic rings. The summed E-state index contributed by atoms with van der Waals surface area (Å²) in [5, 5.41) is 11.7. The molecule has 8 rings (SSSR count). The number of rotatable bonds is 6. The molecule has 2 unspecified atom stereocenters. The molecule has 10 nitrogen and oxygen atoms in total. The number of amides is 1. The normalized spacial score (nSPS) is 24.5. The second-order valence-electron chi connectivity index (χ2n) is 12.3. The van der Waals surface area contributed by atoms with Gasteiger partial charge in [0, 0.05) is 6.54 Å². The number of fused-ring (bicyclic) bond motifs is 2. The molecule has 0 aliphatic carbocycles. The molecule has 1 aromatic heterocycles. The zero-order chi connectivity index (χ0) is 30.3. The number of carbonyl (C=O) groups is 1. The lowest BCUT2D eigenvalue weighted by Gasteiger charge is -2.25. The van der Waals surface area contributed by atoms with E-state index in [1.165, 1.54) is 6.42 Å². The highest BCUT2D eigenvalue weighted by Crippen LogP contribution is 2.29. The van der Waals surface area contributed by atoms with E-state index in [0.29, 0.717) is 47.6 Å². The Labute approximate surface area is 260 Å². The second kappa shape index (κ2) is 11.7. The SMILES string of the molecule is O=C(OCc1ccccc1)N1CCC[C@H]1C1=NCC(c2ccc3oc4cc(C5CN=C([C@@H]6CCCN6)N5)ccc4c(=O)c3c2)N1. The van der Waals surface area contributed by atoms with Gasteiger partial charge in [0.1, 0.15) is 29.4 Å². The number of hydrogen-bond donors (Lipinski definition) is 3. The van der Waals surface area contributed by atoms with Gasteiger partial charge >= 0.3 is 6.09 Å². The first kappa shape index (κ1) is 27.8. The lowest BCUT2D eigenvalue weighted by atomic mass is 10.0. The van der Waals surface area contributed by atoms with Crippen LogP contribution in [0.25, 0.3) is 21.9 Å². The Morgan fingerprint density at radius 1 is 0.844 bits per heavy atom. The summed E-state index contributed by atoms with van der Waals surface area (Å²) in [5.41, 5.74) is 4.06. The summed E-state index contributed by atoms with van der Waals surface area (Å²) in [4.78, 5) is 37.9. The Morgan fingerprint density at radius 3 is 2.44 bits per heavy atom. The summed E-state index contributed by atoms with van der Waals surface area (Å²) in [5.74, 6) is 1.82. The van der Waals surface area contributed by atoms with Crippen LogP contribution < -0.4 is 21.4 Å². The molecule has 2 fully saturated rings. The fraction of sp³-hybridized carbons (Fsp3) is 0.371. The topological polar surface area (TPSA) is 121 Å². The van der Waals surface area contributed by atoms with Gasteiger partial charge in [0.25, 0.3) is 0 Å². The minimum absolute atomic E-state index is 0.0478. The molecule has 230 valence electrons. The number of aliphatic imine (C=N–C) groups is 2. The molecule has 3 aromatic carbocycles. The zero-order valence-electron chi connectivity index (χ0n) is 25.0. The molecular weight excluding hydrogens is 568 g/mol. The summed E-state index contributed by atoms with van der Waals surface area (Å²) in [6, 6.07) is 21.5. The van der Waals surface area contributed by atoms with Crippen molar-refractivity contribution >= 4 is 39.7 Å². The van der Waals surface area contributed by atoms with Gasteiger partial charge in [-0.25, -0.2) is 4.79 Å². The average molecular weight is 605 g/mol. The molecule has 0 bridgehead atoms. The Balaban J connectivity index is 0.962. The van der Waals surface area contributed by atoms with Gasteiger partial charge in [-0.3, -0.25) is 19.7 Å². The van der Waals surface area contributed by atoms with Crippen molar-refractivity contribution in [2.75, 3.05) is 26.2 Å². The molecule has 4 atom stereocenters. The molecule has 5 heterocycles. The molecule has 2 saturated heterocycles. The van der Waals surface area contributed by atoms with Gasteiger partial charge in [-0.05, 0) is 73.2 Å². The van der Waals surface area contributed by atoms with Crippen molar-refractivity contribution in [1.29, 1.82) is 0 Å². The molecule has 4 aliphatic rings. The molecule has 10 heteroatoms. The van der Waals surface area contributed by atoms with Crippen LogP contribution in [0.3, 0.4) is 0 Å². The fourth-order valence-electron chi connectivity index (χ4n) is 7.02. The summed E-state index contributed by atoms with van der Waals surface area (Å²) >= 11 is 0. The van der Waals surface area contributed by atoms with Gasteiger partial charge in [0.15, 0.2) is 0 Å². The van der Waals surface area contributed by atoms with Crippen LogP contribution in [0.15, 0.2) is 85.9 Å². The maximum absolute atomic E-state index is 13.7. The van der Waals surface area contributed by atoms with E-state index in [2.05, 4.69) is 16.0 Å². The van der Waals surface area contributed by atoms with Crippen molar-refractivity contribution in [1.82, 2.24) is 20.9 Å². The highest BCUT2D eigenvalue weighted by Gasteiger charge is 2.36. The average Bonchev–Trinajstić information content (AvgIpc) is 3.91. The van der Waals surface area contributed by atoms with Crippen molar-refractivity contribution in [3.63, 3.8) is 0 Å². The third-order valence-electron chi connectivity index (χ3n) is 9.45. The summed E-state index contributed by atoms with van der Waals surface area (Å²) < 4.78 is 11.9. The Morgan fingerprint density at radius 2 is 1.62 bits per heavy atom. The van der Waals surface area contributed by atoms with Gasteiger partial charge in [0.2, 0.25) is 5.43 Å². The van der Waals surface area contributed by atoms with Crippen molar-refractivity contribution in [3.05, 3.63) is 93.6 Å². The predicted octanol–water partition coefficient (Wildman–Crippen LogP) is 4.59. The Kier molecular flexibility index (Phi) is 7.21. The molecule has 45 heavy (non-hydrogen) atoms. The van der Waals surface area contributed by atoms with Crippen LogP contribution in [-0.2, 0) is 11.3 Å². The number of benzene rings is 3. The minimum atomic E-state index is -0.324. The van der Waals surface area contributed by atoms with Gasteiger partial charge in [-0.1, -0.05) is 42.5 Å². The largest absolute Gasteiger partial charge is 0.456 e. The molecule has 0 radical (unpaired) electrons. The first-order valence-electron chi connectivity index (χ1n) is 15.9. The molecule has 1 amide bonds. The monoisotopic (exact) mass is 604 g/mol. The first-order chi connectivity index (χ1) is 22.1. The lowest BCUT2D eigenvalue weighted by Crippen LogP contribution is -2.45. The number of amidine groups is 2. The number of hydrogen-bond acceptors (Lipinski definition) is 9. The van der Waals surface area contributed by atoms with E-state index in [1.54, 1.807) is 4.90 Å². The van der Waals surface area contributed by atoms with E-state index >= 15 is 0 Å². The highest BCUT2D eigenvalue weighted by atomic mass is 16.6. The predicted molar refractivity (Wildman–Crippen MR) is 174 cm³/mol. The van der Waals surface area contributed by atoms with Gasteiger partial charge in [-0.15, -0.1) is 0 Å². The maximum Gasteiger partial charge on any atom is 0.410 e. The smallest absolute Gasteiger partial charge is 0.410 e. The van der Waals surface area contributed by atoms with Crippen molar-refractivity contribution in [2.45, 2.75) is 56.5 Å². The number of likely N-dealkylation sites (tertiary alicyclic amines) is 1. The van der Waals surface area contributed by atoms with Crippen molar-refractivity contribution < 1.29 is 13.9 Å². The zero-order valence-corrected chi connectivity index (χ0v) is 25.0.